The summed E-state index contributed by atoms with van der Waals surface area (Å²) in [7, 11) is -3.79. The Morgan fingerprint density at radius 1 is 1.28 bits per heavy atom. The van der Waals surface area contributed by atoms with Gasteiger partial charge in [0.25, 0.3) is 0 Å². The molecule has 1 atom stereocenters. The SMILES string of the molecule is N#Cc1ccc2c(c1)CC(NS(=O)(=O)c1cccc3nonc13)CN2. The highest BCUT2D eigenvalue weighted by Crippen LogP contribution is 2.25. The van der Waals surface area contributed by atoms with Crippen molar-refractivity contribution in [2.75, 3.05) is 11.9 Å². The molecule has 0 saturated carbocycles. The first-order chi connectivity index (χ1) is 12.1. The molecule has 1 aromatic heterocycles. The van der Waals surface area contributed by atoms with E-state index in [4.69, 9.17) is 5.26 Å². The molecule has 3 aromatic rings. The number of rotatable bonds is 3. The summed E-state index contributed by atoms with van der Waals surface area (Å²) >= 11 is 0. The van der Waals surface area contributed by atoms with Crippen molar-refractivity contribution in [2.45, 2.75) is 17.4 Å². The van der Waals surface area contributed by atoms with E-state index in [1.165, 1.54) is 6.07 Å². The molecule has 2 N–H and O–H groups in total. The minimum atomic E-state index is -3.79. The van der Waals surface area contributed by atoms with Crippen LogP contribution in [0.2, 0.25) is 0 Å². The van der Waals surface area contributed by atoms with Crippen LogP contribution in [0.3, 0.4) is 0 Å². The molecule has 2 aromatic carbocycles. The maximum absolute atomic E-state index is 12.7. The summed E-state index contributed by atoms with van der Waals surface area (Å²) < 4.78 is 32.8. The van der Waals surface area contributed by atoms with Gasteiger partial charge in [0.1, 0.15) is 10.4 Å². The van der Waals surface area contributed by atoms with Gasteiger partial charge < -0.3 is 5.32 Å². The molecule has 25 heavy (non-hydrogen) atoms. The third kappa shape index (κ3) is 2.82. The number of aromatic nitrogens is 2. The summed E-state index contributed by atoms with van der Waals surface area (Å²) in [5.74, 6) is 0. The second-order valence-corrected chi connectivity index (χ2v) is 7.46. The molecule has 9 heteroatoms. The van der Waals surface area contributed by atoms with Crippen molar-refractivity contribution in [3.8, 4) is 6.07 Å². The molecule has 0 amide bonds. The zero-order chi connectivity index (χ0) is 17.4. The standard InChI is InChI=1S/C16H13N5O3S/c17-8-10-4-5-13-11(6-10)7-12(9-18-13)21-25(22,23)15-3-1-2-14-16(15)20-24-19-14/h1-6,12,18,21H,7,9H2. The fourth-order valence-electron chi connectivity index (χ4n) is 2.94. The highest BCUT2D eigenvalue weighted by Gasteiger charge is 2.26. The van der Waals surface area contributed by atoms with Gasteiger partial charge in [-0.05, 0) is 52.6 Å². The molecule has 0 spiro atoms. The van der Waals surface area contributed by atoms with Crippen LogP contribution in [-0.2, 0) is 16.4 Å². The van der Waals surface area contributed by atoms with E-state index >= 15 is 0 Å². The number of hydrogen-bond acceptors (Lipinski definition) is 7. The smallest absolute Gasteiger partial charge is 0.243 e. The van der Waals surface area contributed by atoms with Crippen LogP contribution in [0.25, 0.3) is 11.0 Å². The molecule has 1 unspecified atom stereocenters. The minimum absolute atomic E-state index is 0.0304. The molecule has 8 nitrogen and oxygen atoms in total. The monoisotopic (exact) mass is 355 g/mol. The van der Waals surface area contributed by atoms with Gasteiger partial charge >= 0.3 is 0 Å². The first-order valence-corrected chi connectivity index (χ1v) is 9.06. The van der Waals surface area contributed by atoms with Gasteiger partial charge in [-0.2, -0.15) is 5.26 Å². The number of hydrogen-bond donors (Lipinski definition) is 2. The fraction of sp³-hybridized carbons (Fsp3) is 0.188. The molecule has 0 bridgehead atoms. The van der Waals surface area contributed by atoms with Crippen LogP contribution in [0.15, 0.2) is 45.9 Å². The normalized spacial score (nSPS) is 16.8. The topological polar surface area (TPSA) is 121 Å². The molecule has 4 rings (SSSR count). The van der Waals surface area contributed by atoms with Crippen molar-refractivity contribution in [1.29, 1.82) is 5.26 Å². The van der Waals surface area contributed by atoms with Crippen molar-refractivity contribution >= 4 is 26.7 Å². The number of nitrogens with zero attached hydrogens (tertiary/aromatic N) is 3. The van der Waals surface area contributed by atoms with Crippen molar-refractivity contribution in [2.24, 2.45) is 0 Å². The summed E-state index contributed by atoms with van der Waals surface area (Å²) in [5, 5.41) is 19.6. The van der Waals surface area contributed by atoms with E-state index in [0.717, 1.165) is 11.3 Å². The third-order valence-electron chi connectivity index (χ3n) is 4.10. The lowest BCUT2D eigenvalue weighted by atomic mass is 9.98. The third-order valence-corrected chi connectivity index (χ3v) is 5.65. The lowest BCUT2D eigenvalue weighted by molar-refractivity contribution is 0.315. The Bertz CT molecular complexity index is 1100. The molecule has 126 valence electrons. The average Bonchev–Trinajstić information content (AvgIpc) is 3.09. The van der Waals surface area contributed by atoms with Gasteiger partial charge in [-0.15, -0.1) is 0 Å². The maximum Gasteiger partial charge on any atom is 0.243 e. The van der Waals surface area contributed by atoms with Crippen molar-refractivity contribution < 1.29 is 13.0 Å². The molecule has 0 saturated heterocycles. The Morgan fingerprint density at radius 3 is 3.00 bits per heavy atom. The summed E-state index contributed by atoms with van der Waals surface area (Å²) in [6, 6.07) is 11.8. The molecule has 2 heterocycles. The van der Waals surface area contributed by atoms with E-state index in [1.54, 1.807) is 24.3 Å². The van der Waals surface area contributed by atoms with Gasteiger partial charge in [-0.25, -0.2) is 17.8 Å². The van der Waals surface area contributed by atoms with E-state index in [2.05, 4.69) is 31.1 Å². The Morgan fingerprint density at radius 2 is 2.16 bits per heavy atom. The van der Waals surface area contributed by atoms with Crippen molar-refractivity contribution in [1.82, 2.24) is 15.0 Å². The van der Waals surface area contributed by atoms with Gasteiger partial charge in [-0.1, -0.05) is 6.07 Å². The minimum Gasteiger partial charge on any atom is -0.383 e. The quantitative estimate of drug-likeness (QED) is 0.728. The van der Waals surface area contributed by atoms with Crippen molar-refractivity contribution in [3.63, 3.8) is 0 Å². The van der Waals surface area contributed by atoms with Gasteiger partial charge in [0.05, 0.1) is 11.6 Å². The summed E-state index contributed by atoms with van der Waals surface area (Å²) in [4.78, 5) is 0.0304. The van der Waals surface area contributed by atoms with E-state index in [9.17, 15) is 8.42 Å². The van der Waals surface area contributed by atoms with Gasteiger partial charge in [0.15, 0.2) is 5.52 Å². The average molecular weight is 355 g/mol. The number of benzene rings is 2. The number of fused-ring (bicyclic) bond motifs is 2. The highest BCUT2D eigenvalue weighted by molar-refractivity contribution is 7.89. The number of nitriles is 1. The van der Waals surface area contributed by atoms with Gasteiger partial charge in [0, 0.05) is 18.3 Å². The van der Waals surface area contributed by atoms with Crippen LogP contribution in [0.1, 0.15) is 11.1 Å². The van der Waals surface area contributed by atoms with E-state index < -0.39 is 10.0 Å². The number of sulfonamides is 1. The van der Waals surface area contributed by atoms with E-state index in [-0.39, 0.29) is 16.5 Å². The zero-order valence-corrected chi connectivity index (χ0v) is 13.7. The molecule has 1 aliphatic heterocycles. The van der Waals surface area contributed by atoms with Crippen LogP contribution in [0.5, 0.6) is 0 Å². The van der Waals surface area contributed by atoms with Gasteiger partial charge in [-0.3, -0.25) is 0 Å². The van der Waals surface area contributed by atoms with E-state index in [1.807, 2.05) is 6.07 Å². The summed E-state index contributed by atoms with van der Waals surface area (Å²) in [5.41, 5.74) is 2.94. The molecular formula is C16H13N5O3S. The number of nitrogens with one attached hydrogen (secondary N) is 2. The Labute approximate surface area is 143 Å². The van der Waals surface area contributed by atoms with Crippen molar-refractivity contribution in [3.05, 3.63) is 47.5 Å². The summed E-state index contributed by atoms with van der Waals surface area (Å²) in [6.07, 6.45) is 0.490. The van der Waals surface area contributed by atoms with Crippen LogP contribution >= 0.6 is 0 Å². The second-order valence-electron chi connectivity index (χ2n) is 5.78. The second kappa shape index (κ2) is 5.84. The van der Waals surface area contributed by atoms with Crippen LogP contribution in [-0.4, -0.2) is 31.3 Å². The molecule has 0 aliphatic carbocycles. The first kappa shape index (κ1) is 15.6. The lowest BCUT2D eigenvalue weighted by Crippen LogP contribution is -2.43. The predicted molar refractivity (Wildman–Crippen MR) is 89.3 cm³/mol. The van der Waals surface area contributed by atoms with Crippen LogP contribution in [0, 0.1) is 11.3 Å². The first-order valence-electron chi connectivity index (χ1n) is 7.57. The predicted octanol–water partition coefficient (Wildman–Crippen LogP) is 1.41. The fourth-order valence-corrected chi connectivity index (χ4v) is 4.33. The highest BCUT2D eigenvalue weighted by atomic mass is 32.2. The zero-order valence-electron chi connectivity index (χ0n) is 12.9. The Hall–Kier alpha value is -2.96. The van der Waals surface area contributed by atoms with Crippen LogP contribution < -0.4 is 10.0 Å². The molecule has 1 aliphatic rings. The Kier molecular flexibility index (Phi) is 3.63. The number of anilines is 1. The van der Waals surface area contributed by atoms with Crippen LogP contribution in [0.4, 0.5) is 5.69 Å². The maximum atomic E-state index is 12.7. The van der Waals surface area contributed by atoms with E-state index in [0.29, 0.717) is 24.0 Å². The largest absolute Gasteiger partial charge is 0.383 e. The lowest BCUT2D eigenvalue weighted by Gasteiger charge is -2.26. The summed E-state index contributed by atoms with van der Waals surface area (Å²) in [6.45, 7) is 0.450. The molecular weight excluding hydrogens is 342 g/mol. The molecule has 0 fully saturated rings. The molecule has 0 radical (unpaired) electrons. The van der Waals surface area contributed by atoms with Gasteiger partial charge in [0.2, 0.25) is 10.0 Å². The Balaban J connectivity index is 1.62.